The summed E-state index contributed by atoms with van der Waals surface area (Å²) in [5.41, 5.74) is 3.58. The van der Waals surface area contributed by atoms with Crippen molar-refractivity contribution in [3.8, 4) is 6.07 Å². The maximum atomic E-state index is 12.6. The summed E-state index contributed by atoms with van der Waals surface area (Å²) in [6.45, 7) is 1.94. The van der Waals surface area contributed by atoms with Crippen molar-refractivity contribution in [2.24, 2.45) is 0 Å². The van der Waals surface area contributed by atoms with E-state index in [0.717, 1.165) is 21.4 Å². The third-order valence-electron chi connectivity index (χ3n) is 4.61. The van der Waals surface area contributed by atoms with Gasteiger partial charge in [-0.1, -0.05) is 60.3 Å². The molecule has 4 rings (SSSR count). The highest BCUT2D eigenvalue weighted by Gasteiger charge is 2.16. The number of benzene rings is 3. The van der Waals surface area contributed by atoms with Gasteiger partial charge in [0.05, 0.1) is 16.8 Å². The molecular formula is C24H17N3OS. The number of carbonyl (C=O) groups excluding carboxylic acids is 1. The number of hydrogen-bond acceptors (Lipinski definition) is 4. The van der Waals surface area contributed by atoms with Gasteiger partial charge >= 0.3 is 0 Å². The van der Waals surface area contributed by atoms with Crippen LogP contribution in [0.25, 0.3) is 10.9 Å². The third kappa shape index (κ3) is 3.84. The van der Waals surface area contributed by atoms with Crippen LogP contribution in [0.3, 0.4) is 0 Å². The maximum Gasteiger partial charge on any atom is 0.255 e. The van der Waals surface area contributed by atoms with E-state index in [9.17, 15) is 10.1 Å². The van der Waals surface area contributed by atoms with Crippen molar-refractivity contribution in [3.05, 3.63) is 95.6 Å². The summed E-state index contributed by atoms with van der Waals surface area (Å²) < 4.78 is 0. The van der Waals surface area contributed by atoms with E-state index in [0.29, 0.717) is 21.8 Å². The fourth-order valence-corrected chi connectivity index (χ4v) is 4.13. The normalized spacial score (nSPS) is 10.5. The molecule has 140 valence electrons. The molecule has 1 N–H and O–H groups in total. The molecule has 3 aromatic carbocycles. The number of aryl methyl sites for hydroxylation is 1. The Balaban J connectivity index is 1.71. The Labute approximate surface area is 173 Å². The van der Waals surface area contributed by atoms with Crippen molar-refractivity contribution in [2.75, 3.05) is 5.32 Å². The minimum atomic E-state index is -0.179. The SMILES string of the molecule is Cc1c(C#N)c(Sc2ccccc2NC(=O)c2ccccc2)nc2ccccc12. The van der Waals surface area contributed by atoms with E-state index in [2.05, 4.69) is 11.4 Å². The highest BCUT2D eigenvalue weighted by Crippen LogP contribution is 2.37. The Morgan fingerprint density at radius 1 is 0.966 bits per heavy atom. The monoisotopic (exact) mass is 395 g/mol. The molecule has 1 aromatic heterocycles. The second kappa shape index (κ2) is 8.17. The number of hydrogen-bond donors (Lipinski definition) is 1. The minimum absolute atomic E-state index is 0.179. The van der Waals surface area contributed by atoms with Crippen LogP contribution in [0.15, 0.2) is 88.8 Å². The molecule has 0 aliphatic rings. The number of carbonyl (C=O) groups is 1. The van der Waals surface area contributed by atoms with Gasteiger partial charge in [0.15, 0.2) is 0 Å². The van der Waals surface area contributed by atoms with Crippen LogP contribution in [0.5, 0.6) is 0 Å². The number of fused-ring (bicyclic) bond motifs is 1. The number of pyridine rings is 1. The highest BCUT2D eigenvalue weighted by molar-refractivity contribution is 7.99. The predicted molar refractivity (Wildman–Crippen MR) is 116 cm³/mol. The number of nitriles is 1. The molecular weight excluding hydrogens is 378 g/mol. The first kappa shape index (κ1) is 18.7. The van der Waals surface area contributed by atoms with Gasteiger partial charge in [-0.25, -0.2) is 4.98 Å². The topological polar surface area (TPSA) is 65.8 Å². The quantitative estimate of drug-likeness (QED) is 0.473. The van der Waals surface area contributed by atoms with Crippen molar-refractivity contribution in [2.45, 2.75) is 16.8 Å². The number of amides is 1. The molecule has 0 radical (unpaired) electrons. The molecule has 0 unspecified atom stereocenters. The standard InChI is InChI=1S/C24H17N3OS/c1-16-18-11-5-6-12-20(18)27-24(19(16)15-25)29-22-14-8-7-13-21(22)26-23(28)17-9-3-2-4-10-17/h2-14H,1H3,(H,26,28). The van der Waals surface area contributed by atoms with Gasteiger partial charge in [0.2, 0.25) is 0 Å². The second-order valence-electron chi connectivity index (χ2n) is 6.46. The van der Waals surface area contributed by atoms with E-state index in [1.54, 1.807) is 12.1 Å². The molecule has 4 aromatic rings. The van der Waals surface area contributed by atoms with Gasteiger partial charge in [-0.2, -0.15) is 5.26 Å². The van der Waals surface area contributed by atoms with Gasteiger partial charge in [-0.05, 0) is 42.8 Å². The molecule has 0 aliphatic carbocycles. The van der Waals surface area contributed by atoms with E-state index in [1.165, 1.54) is 11.8 Å². The molecule has 1 heterocycles. The fraction of sp³-hybridized carbons (Fsp3) is 0.0417. The van der Waals surface area contributed by atoms with Gasteiger partial charge in [0, 0.05) is 15.8 Å². The summed E-state index contributed by atoms with van der Waals surface area (Å²) in [4.78, 5) is 18.1. The van der Waals surface area contributed by atoms with E-state index < -0.39 is 0 Å². The summed E-state index contributed by atoms with van der Waals surface area (Å²) in [5, 5.41) is 14.3. The van der Waals surface area contributed by atoms with Crippen LogP contribution < -0.4 is 5.32 Å². The number of rotatable bonds is 4. The number of anilines is 1. The summed E-state index contributed by atoms with van der Waals surface area (Å²) in [6, 6.07) is 26.7. The van der Waals surface area contributed by atoms with Gasteiger partial charge in [-0.15, -0.1) is 0 Å². The molecule has 0 aliphatic heterocycles. The lowest BCUT2D eigenvalue weighted by Crippen LogP contribution is -2.12. The zero-order valence-corrected chi connectivity index (χ0v) is 16.5. The van der Waals surface area contributed by atoms with Gasteiger partial charge < -0.3 is 5.32 Å². The minimum Gasteiger partial charge on any atom is -0.321 e. The van der Waals surface area contributed by atoms with E-state index in [4.69, 9.17) is 4.98 Å². The van der Waals surface area contributed by atoms with Crippen LogP contribution in [0.1, 0.15) is 21.5 Å². The van der Waals surface area contributed by atoms with Gasteiger partial charge in [0.25, 0.3) is 5.91 Å². The lowest BCUT2D eigenvalue weighted by molar-refractivity contribution is 0.102. The lowest BCUT2D eigenvalue weighted by Gasteiger charge is -2.13. The third-order valence-corrected chi connectivity index (χ3v) is 5.67. The molecule has 0 fully saturated rings. The molecule has 1 amide bonds. The van der Waals surface area contributed by atoms with Crippen LogP contribution in [-0.2, 0) is 0 Å². The smallest absolute Gasteiger partial charge is 0.255 e. The number of aromatic nitrogens is 1. The summed E-state index contributed by atoms with van der Waals surface area (Å²) >= 11 is 1.38. The molecule has 0 bridgehead atoms. The van der Waals surface area contributed by atoms with Gasteiger partial charge in [-0.3, -0.25) is 4.79 Å². The Bertz CT molecular complexity index is 1250. The Hall–Kier alpha value is -3.62. The van der Waals surface area contributed by atoms with Crippen LogP contribution in [0.2, 0.25) is 0 Å². The molecule has 0 atom stereocenters. The molecule has 5 heteroatoms. The largest absolute Gasteiger partial charge is 0.321 e. The predicted octanol–water partition coefficient (Wildman–Crippen LogP) is 5.82. The zero-order chi connectivity index (χ0) is 20.2. The Morgan fingerprint density at radius 2 is 1.66 bits per heavy atom. The maximum absolute atomic E-state index is 12.6. The van der Waals surface area contributed by atoms with Crippen molar-refractivity contribution >= 4 is 34.3 Å². The molecule has 29 heavy (non-hydrogen) atoms. The number of nitrogens with zero attached hydrogens (tertiary/aromatic N) is 2. The van der Waals surface area contributed by atoms with E-state index in [1.807, 2.05) is 73.7 Å². The Morgan fingerprint density at radius 3 is 2.45 bits per heavy atom. The van der Waals surface area contributed by atoms with Crippen LogP contribution in [0, 0.1) is 18.3 Å². The van der Waals surface area contributed by atoms with Crippen LogP contribution >= 0.6 is 11.8 Å². The molecule has 0 saturated heterocycles. The van der Waals surface area contributed by atoms with Crippen molar-refractivity contribution < 1.29 is 4.79 Å². The summed E-state index contributed by atoms with van der Waals surface area (Å²) in [7, 11) is 0. The molecule has 4 nitrogen and oxygen atoms in total. The summed E-state index contributed by atoms with van der Waals surface area (Å²) in [6.07, 6.45) is 0. The number of nitrogens with one attached hydrogen (secondary N) is 1. The fourth-order valence-electron chi connectivity index (χ4n) is 3.10. The molecule has 0 spiro atoms. The van der Waals surface area contributed by atoms with Crippen molar-refractivity contribution in [1.82, 2.24) is 4.98 Å². The van der Waals surface area contributed by atoms with Crippen LogP contribution in [0.4, 0.5) is 5.69 Å². The van der Waals surface area contributed by atoms with Crippen molar-refractivity contribution in [3.63, 3.8) is 0 Å². The zero-order valence-electron chi connectivity index (χ0n) is 15.7. The van der Waals surface area contributed by atoms with E-state index in [-0.39, 0.29) is 5.91 Å². The first-order valence-electron chi connectivity index (χ1n) is 9.10. The van der Waals surface area contributed by atoms with E-state index >= 15 is 0 Å². The average Bonchev–Trinajstić information content (AvgIpc) is 2.76. The highest BCUT2D eigenvalue weighted by atomic mass is 32.2. The number of para-hydroxylation sites is 2. The summed E-state index contributed by atoms with van der Waals surface area (Å²) in [5.74, 6) is -0.179. The first-order chi connectivity index (χ1) is 14.2. The lowest BCUT2D eigenvalue weighted by atomic mass is 10.1. The van der Waals surface area contributed by atoms with Crippen molar-refractivity contribution in [1.29, 1.82) is 5.26 Å². The van der Waals surface area contributed by atoms with Crippen LogP contribution in [-0.4, -0.2) is 10.9 Å². The first-order valence-corrected chi connectivity index (χ1v) is 9.92. The average molecular weight is 395 g/mol. The van der Waals surface area contributed by atoms with Gasteiger partial charge in [0.1, 0.15) is 11.1 Å². The second-order valence-corrected chi connectivity index (χ2v) is 7.49. The Kier molecular flexibility index (Phi) is 5.28. The molecule has 0 saturated carbocycles.